The fourth-order valence-corrected chi connectivity index (χ4v) is 3.68. The third kappa shape index (κ3) is 3.29. The van der Waals surface area contributed by atoms with Crippen LogP contribution < -0.4 is 11.1 Å². The van der Waals surface area contributed by atoms with Gasteiger partial charge in [0.15, 0.2) is 0 Å². The molecule has 5 heteroatoms. The molecule has 0 fully saturated rings. The minimum absolute atomic E-state index is 0.396. The Kier molecular flexibility index (Phi) is 6.86. The standard InChI is InChI=1S/C17H25BrN2O2/c1-5-16(6-2,7-3)17(20-10-11-22-4)9-8-13(18)12-14(17)15(19)21/h1,8-9,12,14,20H,6-7,10-11H2,2-4H3,(H2,19,21). The van der Waals surface area contributed by atoms with E-state index in [1.165, 1.54) is 0 Å². The summed E-state index contributed by atoms with van der Waals surface area (Å²) in [5.41, 5.74) is 4.46. The first-order valence-electron chi connectivity index (χ1n) is 7.50. The number of carbonyl (C=O) groups excluding carboxylic acids is 1. The summed E-state index contributed by atoms with van der Waals surface area (Å²) in [6, 6.07) is 0. The Labute approximate surface area is 141 Å². The lowest BCUT2D eigenvalue weighted by molar-refractivity contribution is -0.123. The molecule has 122 valence electrons. The van der Waals surface area contributed by atoms with Crippen molar-refractivity contribution in [2.45, 2.75) is 32.2 Å². The SMILES string of the molecule is C#CC(CC)(CC)C1(NCCOC)C=CC(Br)=CC1C(N)=O. The third-order valence-corrected chi connectivity index (χ3v) is 5.16. The fourth-order valence-electron chi connectivity index (χ4n) is 3.28. The summed E-state index contributed by atoms with van der Waals surface area (Å²) in [7, 11) is 1.64. The molecule has 1 aliphatic rings. The number of terminal acetylenes is 1. The second kappa shape index (κ2) is 7.96. The van der Waals surface area contributed by atoms with Gasteiger partial charge in [0.1, 0.15) is 0 Å². The molecule has 0 heterocycles. The predicted octanol–water partition coefficient (Wildman–Crippen LogP) is 2.35. The van der Waals surface area contributed by atoms with Crippen LogP contribution in [0.5, 0.6) is 0 Å². The van der Waals surface area contributed by atoms with Crippen molar-refractivity contribution in [3.05, 3.63) is 22.7 Å². The number of primary amides is 1. The molecule has 0 saturated carbocycles. The van der Waals surface area contributed by atoms with Crippen molar-refractivity contribution in [1.82, 2.24) is 5.32 Å². The van der Waals surface area contributed by atoms with Crippen LogP contribution in [-0.2, 0) is 9.53 Å². The highest BCUT2D eigenvalue weighted by Crippen LogP contribution is 2.46. The van der Waals surface area contributed by atoms with E-state index in [0.29, 0.717) is 13.2 Å². The monoisotopic (exact) mass is 368 g/mol. The van der Waals surface area contributed by atoms with Gasteiger partial charge < -0.3 is 15.8 Å². The number of methoxy groups -OCH3 is 1. The number of nitrogens with two attached hydrogens (primary N) is 1. The molecule has 0 aromatic rings. The summed E-state index contributed by atoms with van der Waals surface area (Å²) in [6.07, 6.45) is 13.1. The van der Waals surface area contributed by atoms with Crippen molar-refractivity contribution in [3.8, 4) is 12.3 Å². The van der Waals surface area contributed by atoms with Gasteiger partial charge in [-0.1, -0.05) is 53.9 Å². The predicted molar refractivity (Wildman–Crippen MR) is 93.3 cm³/mol. The maximum Gasteiger partial charge on any atom is 0.226 e. The second-order valence-corrected chi connectivity index (χ2v) is 6.40. The second-order valence-electron chi connectivity index (χ2n) is 5.49. The molecular formula is C17H25BrN2O2. The topological polar surface area (TPSA) is 64.3 Å². The number of allylic oxidation sites excluding steroid dienone is 2. The Balaban J connectivity index is 3.42. The highest BCUT2D eigenvalue weighted by Gasteiger charge is 2.53. The Morgan fingerprint density at radius 1 is 1.59 bits per heavy atom. The molecule has 0 bridgehead atoms. The smallest absolute Gasteiger partial charge is 0.226 e. The lowest BCUT2D eigenvalue weighted by atomic mass is 9.59. The number of carbonyl (C=O) groups is 1. The van der Waals surface area contributed by atoms with E-state index in [1.807, 2.05) is 32.1 Å². The molecule has 22 heavy (non-hydrogen) atoms. The molecular weight excluding hydrogens is 344 g/mol. The lowest BCUT2D eigenvalue weighted by Crippen LogP contribution is -2.64. The highest BCUT2D eigenvalue weighted by atomic mass is 79.9. The zero-order chi connectivity index (χ0) is 16.8. The molecule has 0 aromatic heterocycles. The number of halogens is 1. The molecule has 0 aliphatic heterocycles. The van der Waals surface area contributed by atoms with Crippen LogP contribution in [0.1, 0.15) is 26.7 Å². The van der Waals surface area contributed by atoms with Gasteiger partial charge in [-0.2, -0.15) is 0 Å². The molecule has 3 N–H and O–H groups in total. The van der Waals surface area contributed by atoms with Crippen LogP contribution in [-0.4, -0.2) is 31.7 Å². The average molecular weight is 369 g/mol. The van der Waals surface area contributed by atoms with Crippen LogP contribution in [0.15, 0.2) is 22.7 Å². The summed E-state index contributed by atoms with van der Waals surface area (Å²) in [5.74, 6) is 2.02. The maximum absolute atomic E-state index is 12.1. The minimum atomic E-state index is -0.715. The number of ether oxygens (including phenoxy) is 1. The zero-order valence-corrected chi connectivity index (χ0v) is 15.1. The van der Waals surface area contributed by atoms with Crippen LogP contribution in [0.25, 0.3) is 0 Å². The lowest BCUT2D eigenvalue weighted by Gasteiger charge is -2.50. The first kappa shape index (κ1) is 19.0. The third-order valence-electron chi connectivity index (χ3n) is 4.63. The summed E-state index contributed by atoms with van der Waals surface area (Å²) < 4.78 is 5.96. The Morgan fingerprint density at radius 2 is 2.23 bits per heavy atom. The van der Waals surface area contributed by atoms with Gasteiger partial charge in [0.05, 0.1) is 23.5 Å². The van der Waals surface area contributed by atoms with E-state index in [1.54, 1.807) is 7.11 Å². The summed E-state index contributed by atoms with van der Waals surface area (Å²) in [6.45, 7) is 5.20. The fraction of sp³-hybridized carbons (Fsp3) is 0.588. The summed E-state index contributed by atoms with van der Waals surface area (Å²) in [4.78, 5) is 12.1. The zero-order valence-electron chi connectivity index (χ0n) is 13.5. The van der Waals surface area contributed by atoms with Crippen molar-refractivity contribution in [1.29, 1.82) is 0 Å². The first-order chi connectivity index (χ1) is 10.4. The van der Waals surface area contributed by atoms with E-state index in [0.717, 1.165) is 17.3 Å². The van der Waals surface area contributed by atoms with Crippen molar-refractivity contribution in [2.75, 3.05) is 20.3 Å². The van der Waals surface area contributed by atoms with Gasteiger partial charge in [0, 0.05) is 18.1 Å². The largest absolute Gasteiger partial charge is 0.383 e. The van der Waals surface area contributed by atoms with E-state index in [9.17, 15) is 4.79 Å². The number of hydrogen-bond acceptors (Lipinski definition) is 3. The van der Waals surface area contributed by atoms with E-state index < -0.39 is 22.8 Å². The highest BCUT2D eigenvalue weighted by molar-refractivity contribution is 9.11. The van der Waals surface area contributed by atoms with E-state index in [2.05, 4.69) is 27.2 Å². The Bertz CT molecular complexity index is 503. The molecule has 0 spiro atoms. The van der Waals surface area contributed by atoms with Crippen molar-refractivity contribution < 1.29 is 9.53 Å². The van der Waals surface area contributed by atoms with Gasteiger partial charge in [0.2, 0.25) is 5.91 Å². The molecule has 2 unspecified atom stereocenters. The number of hydrogen-bond donors (Lipinski definition) is 2. The van der Waals surface area contributed by atoms with E-state index in [4.69, 9.17) is 16.9 Å². The molecule has 2 atom stereocenters. The Morgan fingerprint density at radius 3 is 2.68 bits per heavy atom. The van der Waals surface area contributed by atoms with Crippen LogP contribution in [0.4, 0.5) is 0 Å². The van der Waals surface area contributed by atoms with Gasteiger partial charge in [-0.05, 0) is 12.8 Å². The normalized spacial score (nSPS) is 24.7. The molecule has 1 rings (SSSR count). The van der Waals surface area contributed by atoms with Gasteiger partial charge >= 0.3 is 0 Å². The van der Waals surface area contributed by atoms with Crippen LogP contribution in [0.3, 0.4) is 0 Å². The van der Waals surface area contributed by atoms with Gasteiger partial charge in [-0.25, -0.2) is 0 Å². The van der Waals surface area contributed by atoms with E-state index in [-0.39, 0.29) is 0 Å². The molecule has 1 amide bonds. The van der Waals surface area contributed by atoms with E-state index >= 15 is 0 Å². The molecule has 1 aliphatic carbocycles. The number of rotatable bonds is 8. The van der Waals surface area contributed by atoms with Gasteiger partial charge in [-0.15, -0.1) is 6.42 Å². The van der Waals surface area contributed by atoms with Crippen molar-refractivity contribution in [3.63, 3.8) is 0 Å². The number of amides is 1. The maximum atomic E-state index is 12.1. The molecule has 0 saturated heterocycles. The summed E-state index contributed by atoms with van der Waals surface area (Å²) >= 11 is 3.43. The quantitative estimate of drug-likeness (QED) is 0.510. The molecule has 0 aromatic carbocycles. The van der Waals surface area contributed by atoms with Crippen molar-refractivity contribution in [2.24, 2.45) is 17.1 Å². The van der Waals surface area contributed by atoms with Crippen LogP contribution >= 0.6 is 15.9 Å². The number of nitrogens with one attached hydrogen (secondary N) is 1. The minimum Gasteiger partial charge on any atom is -0.383 e. The molecule has 4 nitrogen and oxygen atoms in total. The van der Waals surface area contributed by atoms with Crippen LogP contribution in [0, 0.1) is 23.7 Å². The van der Waals surface area contributed by atoms with Crippen LogP contribution in [0.2, 0.25) is 0 Å². The van der Waals surface area contributed by atoms with Crippen molar-refractivity contribution >= 4 is 21.8 Å². The average Bonchev–Trinajstić information content (AvgIpc) is 2.51. The summed E-state index contributed by atoms with van der Waals surface area (Å²) in [5, 5.41) is 3.46. The first-order valence-corrected chi connectivity index (χ1v) is 8.30. The van der Waals surface area contributed by atoms with Gasteiger partial charge in [0.25, 0.3) is 0 Å². The Hall–Kier alpha value is -1.09. The van der Waals surface area contributed by atoms with Gasteiger partial charge in [-0.3, -0.25) is 4.79 Å². The molecule has 0 radical (unpaired) electrons.